The minimum atomic E-state index is 0.244. The van der Waals surface area contributed by atoms with Crippen LogP contribution in [0.3, 0.4) is 0 Å². The largest absolute Gasteiger partial charge is 0.378 e. The van der Waals surface area contributed by atoms with Gasteiger partial charge in [0.1, 0.15) is 0 Å². The van der Waals surface area contributed by atoms with Crippen molar-refractivity contribution in [3.8, 4) is 0 Å². The zero-order valence-electron chi connectivity index (χ0n) is 10.1. The summed E-state index contributed by atoms with van der Waals surface area (Å²) in [6.45, 7) is 2.13. The van der Waals surface area contributed by atoms with Crippen LogP contribution in [0.2, 0.25) is 0 Å². The Kier molecular flexibility index (Phi) is 2.68. The van der Waals surface area contributed by atoms with Crippen LogP contribution in [0, 0.1) is 0 Å². The van der Waals surface area contributed by atoms with Crippen LogP contribution >= 0.6 is 0 Å². The van der Waals surface area contributed by atoms with Crippen LogP contribution < -0.4 is 5.32 Å². The third-order valence-electron chi connectivity index (χ3n) is 3.03. The molecule has 2 N–H and O–H groups in total. The first kappa shape index (κ1) is 10.8. The second-order valence-corrected chi connectivity index (χ2v) is 4.32. The first-order chi connectivity index (χ1) is 8.83. The molecule has 0 fully saturated rings. The molecule has 0 saturated carbocycles. The second-order valence-electron chi connectivity index (χ2n) is 4.32. The Morgan fingerprint density at radius 2 is 2.00 bits per heavy atom. The summed E-state index contributed by atoms with van der Waals surface area (Å²) < 4.78 is 0. The number of fused-ring (bicyclic) bond motifs is 1. The lowest BCUT2D eigenvalue weighted by Crippen LogP contribution is -2.06. The lowest BCUT2D eigenvalue weighted by atomic mass is 10.1. The third kappa shape index (κ3) is 2.05. The van der Waals surface area contributed by atoms with E-state index in [9.17, 15) is 0 Å². The molecular weight excluding hydrogens is 224 g/mol. The number of rotatable bonds is 3. The molecule has 0 saturated heterocycles. The van der Waals surface area contributed by atoms with Gasteiger partial charge in [0.25, 0.3) is 0 Å². The van der Waals surface area contributed by atoms with Crippen molar-refractivity contribution in [2.45, 2.75) is 13.0 Å². The Morgan fingerprint density at radius 1 is 1.17 bits per heavy atom. The molecule has 4 heteroatoms. The highest BCUT2D eigenvalue weighted by Crippen LogP contribution is 2.21. The molecule has 1 unspecified atom stereocenters. The quantitative estimate of drug-likeness (QED) is 0.737. The monoisotopic (exact) mass is 238 g/mol. The Hall–Kier alpha value is -2.36. The zero-order chi connectivity index (χ0) is 12.4. The van der Waals surface area contributed by atoms with Crippen LogP contribution in [0.5, 0.6) is 0 Å². The van der Waals surface area contributed by atoms with E-state index in [0.29, 0.717) is 0 Å². The van der Waals surface area contributed by atoms with Crippen LogP contribution in [-0.2, 0) is 0 Å². The van der Waals surface area contributed by atoms with E-state index in [-0.39, 0.29) is 6.04 Å². The van der Waals surface area contributed by atoms with Gasteiger partial charge in [-0.15, -0.1) is 0 Å². The first-order valence-electron chi connectivity index (χ1n) is 5.92. The van der Waals surface area contributed by atoms with Gasteiger partial charge < -0.3 is 5.32 Å². The maximum absolute atomic E-state index is 4.03. The standard InChI is InChI=1S/C14H14N4/c1-10(11-4-6-15-7-5-11)17-13-3-2-12-9-16-18-14(12)8-13/h2-10,17H,1H3,(H,16,18). The summed E-state index contributed by atoms with van der Waals surface area (Å²) in [7, 11) is 0. The van der Waals surface area contributed by atoms with Crippen molar-refractivity contribution in [2.75, 3.05) is 5.32 Å². The number of H-pyrrole nitrogens is 1. The van der Waals surface area contributed by atoms with E-state index >= 15 is 0 Å². The van der Waals surface area contributed by atoms with E-state index in [2.05, 4.69) is 45.6 Å². The van der Waals surface area contributed by atoms with Crippen LogP contribution in [0.15, 0.2) is 48.9 Å². The predicted molar refractivity (Wildman–Crippen MR) is 72.4 cm³/mol. The molecule has 18 heavy (non-hydrogen) atoms. The van der Waals surface area contributed by atoms with Crippen molar-refractivity contribution in [3.05, 3.63) is 54.5 Å². The van der Waals surface area contributed by atoms with E-state index in [1.54, 1.807) is 0 Å². The molecule has 2 heterocycles. The molecule has 0 radical (unpaired) electrons. The van der Waals surface area contributed by atoms with E-state index in [1.807, 2.05) is 30.7 Å². The van der Waals surface area contributed by atoms with E-state index in [1.165, 1.54) is 5.56 Å². The second kappa shape index (κ2) is 4.49. The summed E-state index contributed by atoms with van der Waals surface area (Å²) in [4.78, 5) is 4.03. The average molecular weight is 238 g/mol. The molecule has 4 nitrogen and oxygen atoms in total. The van der Waals surface area contributed by atoms with Gasteiger partial charge in [0.05, 0.1) is 11.7 Å². The number of hydrogen-bond acceptors (Lipinski definition) is 3. The summed E-state index contributed by atoms with van der Waals surface area (Å²) in [6, 6.07) is 10.5. The molecule has 1 atom stereocenters. The van der Waals surface area contributed by atoms with Gasteiger partial charge >= 0.3 is 0 Å². The van der Waals surface area contributed by atoms with Crippen LogP contribution in [0.1, 0.15) is 18.5 Å². The Labute approximate surface area is 105 Å². The number of aromatic amines is 1. The highest BCUT2D eigenvalue weighted by atomic mass is 15.1. The summed E-state index contributed by atoms with van der Waals surface area (Å²) >= 11 is 0. The fourth-order valence-electron chi connectivity index (χ4n) is 2.01. The van der Waals surface area contributed by atoms with Crippen molar-refractivity contribution < 1.29 is 0 Å². The summed E-state index contributed by atoms with van der Waals surface area (Å²) in [5.41, 5.74) is 3.34. The molecule has 2 aromatic heterocycles. The Morgan fingerprint density at radius 3 is 2.83 bits per heavy atom. The number of anilines is 1. The molecular formula is C14H14N4. The first-order valence-corrected chi connectivity index (χ1v) is 5.92. The van der Waals surface area contributed by atoms with Crippen molar-refractivity contribution in [1.29, 1.82) is 0 Å². The van der Waals surface area contributed by atoms with Crippen molar-refractivity contribution >= 4 is 16.6 Å². The van der Waals surface area contributed by atoms with E-state index in [0.717, 1.165) is 16.6 Å². The highest BCUT2D eigenvalue weighted by Gasteiger charge is 2.05. The number of aromatic nitrogens is 3. The van der Waals surface area contributed by atoms with Gasteiger partial charge in [-0.3, -0.25) is 10.1 Å². The highest BCUT2D eigenvalue weighted by molar-refractivity contribution is 5.81. The minimum absolute atomic E-state index is 0.244. The zero-order valence-corrected chi connectivity index (χ0v) is 10.1. The van der Waals surface area contributed by atoms with Crippen molar-refractivity contribution in [3.63, 3.8) is 0 Å². The molecule has 0 aliphatic heterocycles. The maximum atomic E-state index is 4.03. The topological polar surface area (TPSA) is 53.6 Å². The normalized spacial score (nSPS) is 12.5. The van der Waals surface area contributed by atoms with Gasteiger partial charge in [-0.05, 0) is 42.8 Å². The summed E-state index contributed by atoms with van der Waals surface area (Å²) in [5.74, 6) is 0. The average Bonchev–Trinajstić information content (AvgIpc) is 2.87. The smallest absolute Gasteiger partial charge is 0.0670 e. The fourth-order valence-corrected chi connectivity index (χ4v) is 2.01. The summed E-state index contributed by atoms with van der Waals surface area (Å²) in [5, 5.41) is 11.6. The van der Waals surface area contributed by atoms with E-state index in [4.69, 9.17) is 0 Å². The van der Waals surface area contributed by atoms with Gasteiger partial charge in [-0.2, -0.15) is 5.10 Å². The predicted octanol–water partition coefficient (Wildman–Crippen LogP) is 3.13. The molecule has 3 aromatic rings. The van der Waals surface area contributed by atoms with Crippen LogP contribution in [-0.4, -0.2) is 15.2 Å². The van der Waals surface area contributed by atoms with Crippen LogP contribution in [0.25, 0.3) is 10.9 Å². The van der Waals surface area contributed by atoms with Gasteiger partial charge in [0.15, 0.2) is 0 Å². The molecule has 1 aromatic carbocycles. The molecule has 0 spiro atoms. The molecule has 90 valence electrons. The maximum Gasteiger partial charge on any atom is 0.0670 e. The molecule has 0 aliphatic carbocycles. The lowest BCUT2D eigenvalue weighted by molar-refractivity contribution is 0.881. The number of nitrogens with zero attached hydrogens (tertiary/aromatic N) is 2. The molecule has 0 bridgehead atoms. The Balaban J connectivity index is 1.83. The number of hydrogen-bond donors (Lipinski definition) is 2. The van der Waals surface area contributed by atoms with Crippen LogP contribution in [0.4, 0.5) is 5.69 Å². The summed E-state index contributed by atoms with van der Waals surface area (Å²) in [6.07, 6.45) is 5.45. The molecule has 3 rings (SSSR count). The molecule has 0 amide bonds. The number of pyridine rings is 1. The Bertz CT molecular complexity index is 645. The van der Waals surface area contributed by atoms with Gasteiger partial charge in [0.2, 0.25) is 0 Å². The third-order valence-corrected chi connectivity index (χ3v) is 3.03. The van der Waals surface area contributed by atoms with Gasteiger partial charge in [0, 0.05) is 29.5 Å². The van der Waals surface area contributed by atoms with Gasteiger partial charge in [-0.1, -0.05) is 0 Å². The van der Waals surface area contributed by atoms with E-state index < -0.39 is 0 Å². The van der Waals surface area contributed by atoms with Gasteiger partial charge in [-0.25, -0.2) is 0 Å². The lowest BCUT2D eigenvalue weighted by Gasteiger charge is -2.15. The molecule has 0 aliphatic rings. The number of benzene rings is 1. The minimum Gasteiger partial charge on any atom is -0.378 e. The fraction of sp³-hybridized carbons (Fsp3) is 0.143. The van der Waals surface area contributed by atoms with Crippen molar-refractivity contribution in [1.82, 2.24) is 15.2 Å². The number of nitrogens with one attached hydrogen (secondary N) is 2. The SMILES string of the molecule is CC(Nc1ccc2cn[nH]c2c1)c1ccncc1. The van der Waals surface area contributed by atoms with Crippen molar-refractivity contribution in [2.24, 2.45) is 0 Å².